The van der Waals surface area contributed by atoms with E-state index in [1.165, 1.54) is 0 Å². The van der Waals surface area contributed by atoms with Crippen LogP contribution in [-0.4, -0.2) is 34.1 Å². The summed E-state index contributed by atoms with van der Waals surface area (Å²) in [5, 5.41) is 18.6. The number of aliphatic hydroxyl groups is 2. The predicted octanol–water partition coefficient (Wildman–Crippen LogP) is 1.36. The summed E-state index contributed by atoms with van der Waals surface area (Å²) in [4.78, 5) is 1.67. The van der Waals surface area contributed by atoms with E-state index < -0.39 is 12.5 Å². The molecule has 2 N–H and O–H groups in total. The lowest BCUT2D eigenvalue weighted by molar-refractivity contribution is -0.0844. The van der Waals surface area contributed by atoms with Gasteiger partial charge in [0.05, 0.1) is 0 Å². The van der Waals surface area contributed by atoms with Crippen molar-refractivity contribution in [1.82, 2.24) is 4.90 Å². The average Bonchev–Trinajstić information content (AvgIpc) is 2.02. The molecule has 79 valence electrons. The standard InChI is InChI=1S/C10H22NO2/c1-4-5-6-7-8-11(9(2)12)10(3)13/h9-10,12-13H,1,4-8H2,2-3H3. The largest absolute Gasteiger partial charge is 0.379 e. The van der Waals surface area contributed by atoms with Gasteiger partial charge >= 0.3 is 0 Å². The average molecular weight is 188 g/mol. The Balaban J connectivity index is 3.58. The lowest BCUT2D eigenvalue weighted by Crippen LogP contribution is -2.40. The number of rotatable bonds is 7. The summed E-state index contributed by atoms with van der Waals surface area (Å²) in [6.45, 7) is 7.85. The summed E-state index contributed by atoms with van der Waals surface area (Å²) in [6, 6.07) is 0. The van der Waals surface area contributed by atoms with Crippen LogP contribution in [0.2, 0.25) is 0 Å². The molecule has 0 aliphatic carbocycles. The third-order valence-corrected chi connectivity index (χ3v) is 2.13. The van der Waals surface area contributed by atoms with E-state index in [2.05, 4.69) is 6.92 Å². The molecule has 0 aromatic carbocycles. The van der Waals surface area contributed by atoms with E-state index in [-0.39, 0.29) is 0 Å². The minimum absolute atomic E-state index is 0.570. The Morgan fingerprint density at radius 2 is 1.62 bits per heavy atom. The van der Waals surface area contributed by atoms with Gasteiger partial charge in [0.15, 0.2) is 0 Å². The second-order valence-corrected chi connectivity index (χ2v) is 3.42. The Morgan fingerprint density at radius 3 is 2.00 bits per heavy atom. The van der Waals surface area contributed by atoms with Crippen LogP contribution in [0.15, 0.2) is 0 Å². The Bertz CT molecular complexity index is 107. The quantitative estimate of drug-likeness (QED) is 0.468. The SMILES string of the molecule is [CH2]CCCCCN(C(C)O)C(C)O. The molecule has 0 aliphatic heterocycles. The van der Waals surface area contributed by atoms with Gasteiger partial charge in [0, 0.05) is 6.54 Å². The van der Waals surface area contributed by atoms with Gasteiger partial charge in [-0.15, -0.1) is 0 Å². The zero-order valence-electron chi connectivity index (χ0n) is 8.74. The number of aliphatic hydroxyl groups excluding tert-OH is 2. The summed E-state index contributed by atoms with van der Waals surface area (Å²) < 4.78 is 0. The molecule has 2 unspecified atom stereocenters. The molecule has 1 radical (unpaired) electrons. The minimum atomic E-state index is -0.570. The van der Waals surface area contributed by atoms with Gasteiger partial charge in [0.1, 0.15) is 12.5 Å². The molecule has 0 amide bonds. The van der Waals surface area contributed by atoms with E-state index in [4.69, 9.17) is 0 Å². The molecule has 0 heterocycles. The maximum Gasteiger partial charge on any atom is 0.106 e. The summed E-state index contributed by atoms with van der Waals surface area (Å²) in [6.07, 6.45) is 3.06. The summed E-state index contributed by atoms with van der Waals surface area (Å²) in [5.74, 6) is 0. The molecule has 0 saturated carbocycles. The second kappa shape index (κ2) is 7.30. The van der Waals surface area contributed by atoms with Gasteiger partial charge in [-0.3, -0.25) is 4.90 Å². The summed E-state index contributed by atoms with van der Waals surface area (Å²) in [7, 11) is 0. The first-order chi connectivity index (χ1) is 6.09. The van der Waals surface area contributed by atoms with Crippen LogP contribution in [0.1, 0.15) is 39.5 Å². The van der Waals surface area contributed by atoms with E-state index in [0.717, 1.165) is 32.2 Å². The molecular weight excluding hydrogens is 166 g/mol. The Morgan fingerprint density at radius 1 is 1.08 bits per heavy atom. The van der Waals surface area contributed by atoms with Crippen LogP contribution in [0.25, 0.3) is 0 Å². The topological polar surface area (TPSA) is 43.7 Å². The molecule has 0 bridgehead atoms. The monoisotopic (exact) mass is 188 g/mol. The molecule has 0 rings (SSSR count). The third kappa shape index (κ3) is 6.02. The molecule has 0 fully saturated rings. The third-order valence-electron chi connectivity index (χ3n) is 2.13. The summed E-state index contributed by atoms with van der Waals surface area (Å²) >= 11 is 0. The van der Waals surface area contributed by atoms with Crippen LogP contribution < -0.4 is 0 Å². The molecule has 3 nitrogen and oxygen atoms in total. The molecule has 0 aromatic heterocycles. The Kier molecular flexibility index (Phi) is 7.23. The first-order valence-electron chi connectivity index (χ1n) is 5.00. The fourth-order valence-electron chi connectivity index (χ4n) is 1.33. The van der Waals surface area contributed by atoms with Gasteiger partial charge in [-0.1, -0.05) is 26.2 Å². The van der Waals surface area contributed by atoms with E-state index in [0.29, 0.717) is 0 Å². The fourth-order valence-corrected chi connectivity index (χ4v) is 1.33. The molecular formula is C10H22NO2. The van der Waals surface area contributed by atoms with Crippen molar-refractivity contribution in [3.05, 3.63) is 6.92 Å². The first-order valence-corrected chi connectivity index (χ1v) is 5.00. The minimum Gasteiger partial charge on any atom is -0.379 e. The van der Waals surface area contributed by atoms with Crippen LogP contribution >= 0.6 is 0 Å². The highest BCUT2D eigenvalue weighted by Crippen LogP contribution is 2.06. The molecule has 13 heavy (non-hydrogen) atoms. The van der Waals surface area contributed by atoms with Crippen molar-refractivity contribution in [2.45, 2.75) is 52.0 Å². The van der Waals surface area contributed by atoms with Gasteiger partial charge in [0.25, 0.3) is 0 Å². The lowest BCUT2D eigenvalue weighted by Gasteiger charge is -2.27. The number of unbranched alkanes of at least 4 members (excludes halogenated alkanes) is 3. The lowest BCUT2D eigenvalue weighted by atomic mass is 10.2. The highest BCUT2D eigenvalue weighted by atomic mass is 16.3. The molecule has 2 atom stereocenters. The maximum atomic E-state index is 9.29. The van der Waals surface area contributed by atoms with Gasteiger partial charge in [-0.05, 0) is 20.3 Å². The van der Waals surface area contributed by atoms with E-state index >= 15 is 0 Å². The normalized spacial score (nSPS) is 16.2. The molecule has 0 aliphatic rings. The van der Waals surface area contributed by atoms with Crippen LogP contribution in [-0.2, 0) is 0 Å². The van der Waals surface area contributed by atoms with Gasteiger partial charge in [-0.2, -0.15) is 0 Å². The van der Waals surface area contributed by atoms with Gasteiger partial charge in [-0.25, -0.2) is 0 Å². The molecule has 0 spiro atoms. The molecule has 0 saturated heterocycles. The van der Waals surface area contributed by atoms with Crippen LogP contribution in [0.5, 0.6) is 0 Å². The van der Waals surface area contributed by atoms with E-state index in [1.54, 1.807) is 18.7 Å². The number of hydrogen-bond donors (Lipinski definition) is 2. The van der Waals surface area contributed by atoms with Crippen LogP contribution in [0.4, 0.5) is 0 Å². The zero-order chi connectivity index (χ0) is 10.3. The van der Waals surface area contributed by atoms with Crippen molar-refractivity contribution in [3.63, 3.8) is 0 Å². The van der Waals surface area contributed by atoms with Gasteiger partial charge < -0.3 is 10.2 Å². The van der Waals surface area contributed by atoms with Gasteiger partial charge in [0.2, 0.25) is 0 Å². The molecule has 0 aromatic rings. The first kappa shape index (κ1) is 12.9. The van der Waals surface area contributed by atoms with Crippen molar-refractivity contribution >= 4 is 0 Å². The van der Waals surface area contributed by atoms with E-state index in [1.807, 2.05) is 0 Å². The van der Waals surface area contributed by atoms with Crippen molar-refractivity contribution < 1.29 is 10.2 Å². The Labute approximate surface area is 81.4 Å². The number of nitrogens with zero attached hydrogens (tertiary/aromatic N) is 1. The van der Waals surface area contributed by atoms with Crippen LogP contribution in [0, 0.1) is 6.92 Å². The second-order valence-electron chi connectivity index (χ2n) is 3.42. The van der Waals surface area contributed by atoms with Crippen molar-refractivity contribution in [1.29, 1.82) is 0 Å². The summed E-state index contributed by atoms with van der Waals surface area (Å²) in [5.41, 5.74) is 0. The number of hydrogen-bond acceptors (Lipinski definition) is 3. The molecule has 3 heteroatoms. The highest BCUT2D eigenvalue weighted by molar-refractivity contribution is 4.59. The fraction of sp³-hybridized carbons (Fsp3) is 0.900. The zero-order valence-corrected chi connectivity index (χ0v) is 8.74. The van der Waals surface area contributed by atoms with Crippen molar-refractivity contribution in [3.8, 4) is 0 Å². The van der Waals surface area contributed by atoms with Crippen molar-refractivity contribution in [2.24, 2.45) is 0 Å². The predicted molar refractivity (Wildman–Crippen MR) is 53.9 cm³/mol. The Hall–Kier alpha value is -0.120. The maximum absolute atomic E-state index is 9.29. The smallest absolute Gasteiger partial charge is 0.106 e. The van der Waals surface area contributed by atoms with Crippen molar-refractivity contribution in [2.75, 3.05) is 6.54 Å². The highest BCUT2D eigenvalue weighted by Gasteiger charge is 2.14. The van der Waals surface area contributed by atoms with Crippen LogP contribution in [0.3, 0.4) is 0 Å². The van der Waals surface area contributed by atoms with E-state index in [9.17, 15) is 10.2 Å².